The summed E-state index contributed by atoms with van der Waals surface area (Å²) < 4.78 is 49.5. The highest BCUT2D eigenvalue weighted by Crippen LogP contribution is 2.35. The molecule has 0 spiro atoms. The second-order valence-electron chi connectivity index (χ2n) is 4.10. The molecule has 2 atom stereocenters. The molecule has 20 heavy (non-hydrogen) atoms. The molecular weight excluding hydrogens is 293 g/mol. The molecule has 2 unspecified atom stereocenters. The van der Waals surface area contributed by atoms with Gasteiger partial charge in [0, 0.05) is 27.9 Å². The van der Waals surface area contributed by atoms with E-state index in [0.29, 0.717) is 5.75 Å². The molecule has 112 valence electrons. The third kappa shape index (κ3) is 3.96. The fraction of sp³-hybridized carbons (Fsp3) is 0.417. The van der Waals surface area contributed by atoms with Gasteiger partial charge in [0.2, 0.25) is 5.91 Å². The van der Waals surface area contributed by atoms with E-state index >= 15 is 0 Å². The van der Waals surface area contributed by atoms with Crippen molar-refractivity contribution in [3.8, 4) is 0 Å². The van der Waals surface area contributed by atoms with Gasteiger partial charge in [-0.25, -0.2) is 0 Å². The van der Waals surface area contributed by atoms with Crippen molar-refractivity contribution in [2.75, 3.05) is 16.8 Å². The molecular formula is C12H15F3N2O2S. The maximum atomic E-state index is 12.7. The number of benzene rings is 1. The van der Waals surface area contributed by atoms with Gasteiger partial charge in [-0.2, -0.15) is 13.2 Å². The van der Waals surface area contributed by atoms with Crippen LogP contribution in [0.2, 0.25) is 0 Å². The smallest absolute Gasteiger partial charge is 0.398 e. The molecule has 3 N–H and O–H groups in total. The lowest BCUT2D eigenvalue weighted by Crippen LogP contribution is -2.30. The number of carbonyl (C=O) groups excluding carboxylic acids is 1. The Kier molecular flexibility index (Phi) is 5.15. The number of nitrogens with two attached hydrogens (primary N) is 1. The van der Waals surface area contributed by atoms with Crippen LogP contribution in [-0.4, -0.2) is 21.1 Å². The number of carbonyl (C=O) groups is 1. The van der Waals surface area contributed by atoms with Crippen molar-refractivity contribution in [3.63, 3.8) is 0 Å². The molecule has 0 aliphatic carbocycles. The SMILES string of the molecule is CCS(=O)C(C)C(=O)Nc1ccc(N)c(C(F)(F)F)c1. The standard InChI is InChI=1S/C12H15F3N2O2S/c1-3-20(19)7(2)11(18)17-8-4-5-10(16)9(6-8)12(13,14)15/h4-7H,3,16H2,1-2H3,(H,17,18). The predicted octanol–water partition coefficient (Wildman–Crippen LogP) is 2.38. The minimum Gasteiger partial charge on any atom is -0.398 e. The van der Waals surface area contributed by atoms with Crippen molar-refractivity contribution in [1.82, 2.24) is 0 Å². The molecule has 1 aromatic carbocycles. The van der Waals surface area contributed by atoms with Gasteiger partial charge in [-0.1, -0.05) is 6.92 Å². The zero-order chi connectivity index (χ0) is 15.5. The quantitative estimate of drug-likeness (QED) is 0.839. The molecule has 8 heteroatoms. The topological polar surface area (TPSA) is 72.2 Å². The Morgan fingerprint density at radius 1 is 1.45 bits per heavy atom. The Bertz CT molecular complexity index is 532. The van der Waals surface area contributed by atoms with Crippen LogP contribution in [-0.2, 0) is 21.8 Å². The minimum atomic E-state index is -4.59. The molecule has 0 saturated carbocycles. The highest BCUT2D eigenvalue weighted by atomic mass is 32.2. The van der Waals surface area contributed by atoms with Crippen molar-refractivity contribution in [2.24, 2.45) is 0 Å². The summed E-state index contributed by atoms with van der Waals surface area (Å²) >= 11 is 0. The van der Waals surface area contributed by atoms with Crippen molar-refractivity contribution in [2.45, 2.75) is 25.3 Å². The van der Waals surface area contributed by atoms with E-state index in [2.05, 4.69) is 5.32 Å². The van der Waals surface area contributed by atoms with E-state index in [4.69, 9.17) is 5.73 Å². The summed E-state index contributed by atoms with van der Waals surface area (Å²) in [6.45, 7) is 3.11. The Morgan fingerprint density at radius 2 is 2.05 bits per heavy atom. The first-order valence-corrected chi connectivity index (χ1v) is 7.19. The monoisotopic (exact) mass is 308 g/mol. The van der Waals surface area contributed by atoms with Gasteiger partial charge >= 0.3 is 6.18 Å². The molecule has 0 bridgehead atoms. The van der Waals surface area contributed by atoms with Gasteiger partial charge in [0.05, 0.1) is 5.56 Å². The summed E-state index contributed by atoms with van der Waals surface area (Å²) in [6, 6.07) is 3.10. The number of amides is 1. The average molecular weight is 308 g/mol. The molecule has 0 heterocycles. The molecule has 0 radical (unpaired) electrons. The van der Waals surface area contributed by atoms with Crippen LogP contribution in [0.3, 0.4) is 0 Å². The van der Waals surface area contributed by atoms with Crippen molar-refractivity contribution < 1.29 is 22.2 Å². The summed E-state index contributed by atoms with van der Waals surface area (Å²) in [6.07, 6.45) is -4.59. The van der Waals surface area contributed by atoms with E-state index < -0.39 is 39.4 Å². The molecule has 1 amide bonds. The van der Waals surface area contributed by atoms with E-state index in [0.717, 1.165) is 12.1 Å². The van der Waals surface area contributed by atoms with Crippen molar-refractivity contribution in [1.29, 1.82) is 0 Å². The predicted molar refractivity (Wildman–Crippen MR) is 72.6 cm³/mol. The molecule has 0 aliphatic rings. The Balaban J connectivity index is 2.95. The van der Waals surface area contributed by atoms with Crippen LogP contribution in [0.4, 0.5) is 24.5 Å². The van der Waals surface area contributed by atoms with E-state index in [1.807, 2.05) is 0 Å². The Hall–Kier alpha value is -1.57. The lowest BCUT2D eigenvalue weighted by atomic mass is 10.1. The van der Waals surface area contributed by atoms with Gasteiger partial charge in [0.25, 0.3) is 0 Å². The number of halogens is 3. The molecule has 0 aromatic heterocycles. The van der Waals surface area contributed by atoms with Crippen LogP contribution in [0.1, 0.15) is 19.4 Å². The number of nitrogens with one attached hydrogen (secondary N) is 1. The number of hydrogen-bond donors (Lipinski definition) is 2. The first-order chi connectivity index (χ1) is 9.16. The maximum absolute atomic E-state index is 12.7. The maximum Gasteiger partial charge on any atom is 0.418 e. The zero-order valence-electron chi connectivity index (χ0n) is 11.0. The molecule has 4 nitrogen and oxygen atoms in total. The Morgan fingerprint density at radius 3 is 2.55 bits per heavy atom. The highest BCUT2D eigenvalue weighted by Gasteiger charge is 2.33. The van der Waals surface area contributed by atoms with Crippen LogP contribution in [0.25, 0.3) is 0 Å². The zero-order valence-corrected chi connectivity index (χ0v) is 11.8. The van der Waals surface area contributed by atoms with Crippen LogP contribution in [0.5, 0.6) is 0 Å². The third-order valence-corrected chi connectivity index (χ3v) is 4.25. The number of rotatable bonds is 4. The van der Waals surface area contributed by atoms with Crippen LogP contribution in [0, 0.1) is 0 Å². The summed E-state index contributed by atoms with van der Waals surface area (Å²) in [5.41, 5.74) is 3.79. The fourth-order valence-electron chi connectivity index (χ4n) is 1.49. The van der Waals surface area contributed by atoms with E-state index in [9.17, 15) is 22.2 Å². The third-order valence-electron chi connectivity index (χ3n) is 2.67. The summed E-state index contributed by atoms with van der Waals surface area (Å²) in [5, 5.41) is 1.51. The van der Waals surface area contributed by atoms with Crippen molar-refractivity contribution in [3.05, 3.63) is 23.8 Å². The summed E-state index contributed by atoms with van der Waals surface area (Å²) in [5.74, 6) is -0.299. The second-order valence-corrected chi connectivity index (χ2v) is 6.15. The van der Waals surface area contributed by atoms with E-state index in [1.54, 1.807) is 6.92 Å². The van der Waals surface area contributed by atoms with Gasteiger partial charge < -0.3 is 11.1 Å². The highest BCUT2D eigenvalue weighted by molar-refractivity contribution is 7.86. The number of nitrogen functional groups attached to an aromatic ring is 1. The molecule has 1 aromatic rings. The number of alkyl halides is 3. The first kappa shape index (κ1) is 16.5. The first-order valence-electron chi connectivity index (χ1n) is 5.81. The molecule has 0 saturated heterocycles. The summed E-state index contributed by atoms with van der Waals surface area (Å²) in [7, 11) is -1.36. The molecule has 0 fully saturated rings. The largest absolute Gasteiger partial charge is 0.418 e. The van der Waals surface area contributed by atoms with Gasteiger partial charge in [0.15, 0.2) is 0 Å². The summed E-state index contributed by atoms with van der Waals surface area (Å²) in [4.78, 5) is 11.7. The minimum absolute atomic E-state index is 0.0310. The normalized spacial score (nSPS) is 14.7. The van der Waals surface area contributed by atoms with Gasteiger partial charge in [0.1, 0.15) is 5.25 Å². The van der Waals surface area contributed by atoms with Crippen LogP contribution < -0.4 is 11.1 Å². The molecule has 0 aliphatic heterocycles. The van der Waals surface area contributed by atoms with Crippen LogP contribution in [0.15, 0.2) is 18.2 Å². The van der Waals surface area contributed by atoms with Crippen molar-refractivity contribution >= 4 is 28.1 Å². The van der Waals surface area contributed by atoms with E-state index in [-0.39, 0.29) is 5.69 Å². The number of anilines is 2. The Labute approximate surface area is 117 Å². The number of hydrogen-bond acceptors (Lipinski definition) is 3. The fourth-order valence-corrected chi connectivity index (χ4v) is 2.29. The second kappa shape index (κ2) is 6.25. The van der Waals surface area contributed by atoms with Gasteiger partial charge in [-0.05, 0) is 25.1 Å². The lowest BCUT2D eigenvalue weighted by molar-refractivity contribution is -0.136. The van der Waals surface area contributed by atoms with Gasteiger partial charge in [-0.15, -0.1) is 0 Å². The lowest BCUT2D eigenvalue weighted by Gasteiger charge is -2.14. The van der Waals surface area contributed by atoms with E-state index in [1.165, 1.54) is 13.0 Å². The van der Waals surface area contributed by atoms with Crippen LogP contribution >= 0.6 is 0 Å². The average Bonchev–Trinajstić information content (AvgIpc) is 2.37. The van der Waals surface area contributed by atoms with Gasteiger partial charge in [-0.3, -0.25) is 9.00 Å². The molecule has 1 rings (SSSR count).